The first-order valence-corrected chi connectivity index (χ1v) is 13.7. The molecule has 0 amide bonds. The van der Waals surface area contributed by atoms with Crippen LogP contribution in [-0.2, 0) is 0 Å². The Kier molecular flexibility index (Phi) is 7.23. The average molecular weight is 617 g/mol. The zero-order valence-corrected chi connectivity index (χ0v) is 23.7. The lowest BCUT2D eigenvalue weighted by Gasteiger charge is -2.26. The molecule has 1 N–H and O–H groups in total. The number of ether oxygens (including phenoxy) is 2. The van der Waals surface area contributed by atoms with E-state index < -0.39 is 0 Å². The van der Waals surface area contributed by atoms with Crippen LogP contribution >= 0.6 is 28.1 Å². The number of methoxy groups -OCH3 is 1. The molecule has 0 spiro atoms. The zero-order chi connectivity index (χ0) is 27.6. The van der Waals surface area contributed by atoms with E-state index in [1.54, 1.807) is 19.4 Å². The van der Waals surface area contributed by atoms with Gasteiger partial charge in [-0.2, -0.15) is 0 Å². The molecule has 0 aliphatic carbocycles. The summed E-state index contributed by atoms with van der Waals surface area (Å²) in [5.74, 6) is 3.13. The number of benzene rings is 3. The Bertz CT molecular complexity index is 1650. The SMILES string of the molecule is COc1ccc(Oc2ccc(N3C(=S)N[C@@H](c4ccccn4)[C@H]3c3ccc(-c4ccc(F)cc4Br)o3)cc2)cc1. The van der Waals surface area contributed by atoms with Gasteiger partial charge in [-0.05, 0) is 119 Å². The number of rotatable bonds is 7. The summed E-state index contributed by atoms with van der Waals surface area (Å²) in [6.45, 7) is 0. The molecule has 0 bridgehead atoms. The predicted molar refractivity (Wildman–Crippen MR) is 159 cm³/mol. The van der Waals surface area contributed by atoms with Crippen LogP contribution in [0.15, 0.2) is 112 Å². The third-order valence-electron chi connectivity index (χ3n) is 6.62. The summed E-state index contributed by atoms with van der Waals surface area (Å²) in [6, 6.07) is 28.6. The standard InChI is InChI=1S/C31H23BrFN3O3S/c1-37-21-10-12-23(13-11-21)38-22-8-6-20(7-9-22)36-30(29(35-31(36)40)26-4-2-3-17-34-26)28-16-15-27(39-28)24-14-5-19(33)18-25(24)32/h2-18,29-30H,1H3,(H,35,40)/t29-,30+/m0/s1. The van der Waals surface area contributed by atoms with Gasteiger partial charge in [0.2, 0.25) is 0 Å². The van der Waals surface area contributed by atoms with Crippen LogP contribution in [0, 0.1) is 5.82 Å². The minimum absolute atomic E-state index is 0.264. The van der Waals surface area contributed by atoms with Gasteiger partial charge < -0.3 is 24.1 Å². The normalized spacial score (nSPS) is 16.6. The summed E-state index contributed by atoms with van der Waals surface area (Å²) in [4.78, 5) is 6.61. The van der Waals surface area contributed by atoms with E-state index in [0.717, 1.165) is 22.7 Å². The lowest BCUT2D eigenvalue weighted by molar-refractivity contribution is 0.413. The molecule has 2 atom stereocenters. The van der Waals surface area contributed by atoms with Gasteiger partial charge in [0.1, 0.15) is 40.6 Å². The molecule has 6 nitrogen and oxygen atoms in total. The summed E-state index contributed by atoms with van der Waals surface area (Å²) in [5, 5.41) is 3.98. The highest BCUT2D eigenvalue weighted by molar-refractivity contribution is 9.10. The highest BCUT2D eigenvalue weighted by Gasteiger charge is 2.42. The molecule has 1 fully saturated rings. The Morgan fingerprint density at radius 2 is 1.65 bits per heavy atom. The van der Waals surface area contributed by atoms with Gasteiger partial charge in [-0.15, -0.1) is 0 Å². The van der Waals surface area contributed by atoms with Crippen LogP contribution in [0.4, 0.5) is 10.1 Å². The number of furan rings is 1. The number of nitrogens with one attached hydrogen (secondary N) is 1. The van der Waals surface area contributed by atoms with Gasteiger partial charge in [0.25, 0.3) is 0 Å². The van der Waals surface area contributed by atoms with Gasteiger partial charge in [-0.25, -0.2) is 4.39 Å². The molecule has 2 aromatic heterocycles. The molecule has 0 unspecified atom stereocenters. The second kappa shape index (κ2) is 11.1. The lowest BCUT2D eigenvalue weighted by atomic mass is 10.0. The van der Waals surface area contributed by atoms with Gasteiger partial charge in [-0.1, -0.05) is 6.07 Å². The Balaban J connectivity index is 1.33. The van der Waals surface area contributed by atoms with Gasteiger partial charge in [0.15, 0.2) is 5.11 Å². The van der Waals surface area contributed by atoms with Gasteiger partial charge in [-0.3, -0.25) is 4.98 Å². The largest absolute Gasteiger partial charge is 0.497 e. The van der Waals surface area contributed by atoms with Crippen molar-refractivity contribution in [2.24, 2.45) is 0 Å². The third-order valence-corrected chi connectivity index (χ3v) is 7.59. The second-order valence-corrected chi connectivity index (χ2v) is 10.3. The molecule has 0 saturated carbocycles. The summed E-state index contributed by atoms with van der Waals surface area (Å²) in [5.41, 5.74) is 2.45. The Labute approximate surface area is 244 Å². The maximum atomic E-state index is 13.7. The highest BCUT2D eigenvalue weighted by atomic mass is 79.9. The Morgan fingerprint density at radius 1 is 0.925 bits per heavy atom. The monoisotopic (exact) mass is 615 g/mol. The van der Waals surface area contributed by atoms with E-state index in [-0.39, 0.29) is 17.9 Å². The van der Waals surface area contributed by atoms with E-state index in [9.17, 15) is 4.39 Å². The van der Waals surface area contributed by atoms with Gasteiger partial charge in [0, 0.05) is 21.9 Å². The van der Waals surface area contributed by atoms with Crippen LogP contribution in [0.5, 0.6) is 17.2 Å². The number of aromatic nitrogens is 1. The van der Waals surface area contributed by atoms with Gasteiger partial charge in [0.05, 0.1) is 18.8 Å². The van der Waals surface area contributed by atoms with Crippen LogP contribution < -0.4 is 19.7 Å². The number of halogens is 2. The Hall–Kier alpha value is -4.21. The molecule has 1 saturated heterocycles. The van der Waals surface area contributed by atoms with Crippen molar-refractivity contribution in [2.75, 3.05) is 12.0 Å². The van der Waals surface area contributed by atoms with Crippen LogP contribution in [0.2, 0.25) is 0 Å². The summed E-state index contributed by atoms with van der Waals surface area (Å²) < 4.78 is 31.9. The molecular weight excluding hydrogens is 593 g/mol. The molecule has 5 aromatic rings. The first-order valence-electron chi connectivity index (χ1n) is 12.5. The number of thiocarbonyl (C=S) groups is 1. The Morgan fingerprint density at radius 3 is 2.33 bits per heavy atom. The van der Waals surface area contributed by atoms with Crippen LogP contribution in [0.25, 0.3) is 11.3 Å². The lowest BCUT2D eigenvalue weighted by Crippen LogP contribution is -2.29. The van der Waals surface area contributed by atoms with E-state index >= 15 is 0 Å². The number of nitrogens with zero attached hydrogens (tertiary/aromatic N) is 2. The van der Waals surface area contributed by atoms with Crippen molar-refractivity contribution in [3.63, 3.8) is 0 Å². The average Bonchev–Trinajstić information content (AvgIpc) is 3.59. The summed E-state index contributed by atoms with van der Waals surface area (Å²) >= 11 is 9.28. The van der Waals surface area contributed by atoms with Crippen LogP contribution in [0.1, 0.15) is 23.5 Å². The fraction of sp³-hybridized carbons (Fsp3) is 0.0968. The first-order chi connectivity index (χ1) is 19.5. The molecule has 40 heavy (non-hydrogen) atoms. The fourth-order valence-corrected chi connectivity index (χ4v) is 5.61. The van der Waals surface area contributed by atoms with Gasteiger partial charge >= 0.3 is 0 Å². The van der Waals surface area contributed by atoms with E-state index in [2.05, 4.69) is 26.2 Å². The molecule has 9 heteroatoms. The quantitative estimate of drug-likeness (QED) is 0.185. The van der Waals surface area contributed by atoms with Crippen LogP contribution in [0.3, 0.4) is 0 Å². The maximum Gasteiger partial charge on any atom is 0.174 e. The molecule has 1 aliphatic rings. The molecule has 0 radical (unpaired) electrons. The first kappa shape index (κ1) is 26.0. The molecule has 200 valence electrons. The number of hydrogen-bond acceptors (Lipinski definition) is 5. The van der Waals surface area contributed by atoms with E-state index in [4.69, 9.17) is 26.1 Å². The molecule has 6 rings (SSSR count). The van der Waals surface area contributed by atoms with Crippen molar-refractivity contribution in [2.45, 2.75) is 12.1 Å². The van der Waals surface area contributed by atoms with Crippen molar-refractivity contribution in [1.82, 2.24) is 10.3 Å². The van der Waals surface area contributed by atoms with E-state index in [1.165, 1.54) is 12.1 Å². The van der Waals surface area contributed by atoms with E-state index in [1.807, 2.05) is 83.8 Å². The van der Waals surface area contributed by atoms with Crippen molar-refractivity contribution >= 4 is 38.9 Å². The minimum Gasteiger partial charge on any atom is -0.497 e. The number of anilines is 1. The number of hydrogen-bond donors (Lipinski definition) is 1. The zero-order valence-electron chi connectivity index (χ0n) is 21.3. The van der Waals surface area contributed by atoms with Crippen molar-refractivity contribution < 1.29 is 18.3 Å². The number of pyridine rings is 1. The smallest absolute Gasteiger partial charge is 0.174 e. The summed E-state index contributed by atoms with van der Waals surface area (Å²) in [6.07, 6.45) is 1.76. The summed E-state index contributed by atoms with van der Waals surface area (Å²) in [7, 11) is 1.63. The van der Waals surface area contributed by atoms with Crippen LogP contribution in [-0.4, -0.2) is 17.2 Å². The second-order valence-electron chi connectivity index (χ2n) is 9.09. The van der Waals surface area contributed by atoms with E-state index in [0.29, 0.717) is 32.6 Å². The molecule has 3 aromatic carbocycles. The van der Waals surface area contributed by atoms with Crippen molar-refractivity contribution in [1.29, 1.82) is 0 Å². The molecule has 1 aliphatic heterocycles. The topological polar surface area (TPSA) is 59.8 Å². The highest BCUT2D eigenvalue weighted by Crippen LogP contribution is 2.44. The third kappa shape index (κ3) is 5.17. The molecular formula is C31H23BrFN3O3S. The minimum atomic E-state index is -0.330. The predicted octanol–water partition coefficient (Wildman–Crippen LogP) is 8.22. The fourth-order valence-electron chi connectivity index (χ4n) is 4.72. The molecule has 3 heterocycles. The maximum absolute atomic E-state index is 13.7. The van der Waals surface area contributed by atoms with Crippen molar-refractivity contribution in [3.05, 3.63) is 125 Å². The van der Waals surface area contributed by atoms with Crippen molar-refractivity contribution in [3.8, 4) is 28.6 Å².